The Bertz CT molecular complexity index is 1890. The minimum atomic E-state index is -0.843. The second kappa shape index (κ2) is 13.3. The molecule has 1 aromatic carbocycles. The Labute approximate surface area is 263 Å². The summed E-state index contributed by atoms with van der Waals surface area (Å²) in [6, 6.07) is 11.3. The molecular weight excluding hydrogens is 593 g/mol. The van der Waals surface area contributed by atoms with Crippen molar-refractivity contribution >= 4 is 34.9 Å². The summed E-state index contributed by atoms with van der Waals surface area (Å²) in [6.07, 6.45) is 4.46. The summed E-state index contributed by atoms with van der Waals surface area (Å²) in [4.78, 5) is 47.6. The zero-order chi connectivity index (χ0) is 33.0. The fraction of sp³-hybridized carbons (Fsp3) is 0.250. The molecule has 1 saturated carbocycles. The van der Waals surface area contributed by atoms with E-state index < -0.39 is 17.6 Å². The van der Waals surface area contributed by atoms with Crippen LogP contribution in [-0.2, 0) is 11.3 Å². The van der Waals surface area contributed by atoms with Crippen molar-refractivity contribution in [2.24, 2.45) is 5.92 Å². The molecule has 1 aliphatic carbocycles. The van der Waals surface area contributed by atoms with Gasteiger partial charge in [-0.1, -0.05) is 6.07 Å². The molecule has 3 heterocycles. The van der Waals surface area contributed by atoms with E-state index in [1.807, 2.05) is 13.0 Å². The van der Waals surface area contributed by atoms with Crippen molar-refractivity contribution in [2.75, 3.05) is 31.8 Å². The van der Waals surface area contributed by atoms with Crippen LogP contribution in [-0.4, -0.2) is 64.0 Å². The van der Waals surface area contributed by atoms with Crippen molar-refractivity contribution in [1.29, 1.82) is 5.26 Å². The van der Waals surface area contributed by atoms with Crippen molar-refractivity contribution in [1.82, 2.24) is 30.4 Å². The molecular formula is C32H30FN9O4. The van der Waals surface area contributed by atoms with Crippen LogP contribution in [0, 0.1) is 30.0 Å². The van der Waals surface area contributed by atoms with Crippen molar-refractivity contribution in [3.05, 3.63) is 82.8 Å². The average Bonchev–Trinajstić information content (AvgIpc) is 3.91. The summed E-state index contributed by atoms with van der Waals surface area (Å²) in [5, 5.41) is 25.5. The molecule has 46 heavy (non-hydrogen) atoms. The Kier molecular flexibility index (Phi) is 9.13. The molecule has 3 amide bonds. The maximum Gasteiger partial charge on any atom is 0.275 e. The predicted octanol–water partition coefficient (Wildman–Crippen LogP) is 3.99. The number of halogens is 1. The third-order valence-electron chi connectivity index (χ3n) is 7.30. The number of hydrogen-bond donors (Lipinski definition) is 3. The molecule has 0 unspecified atom stereocenters. The van der Waals surface area contributed by atoms with Crippen LogP contribution in [0.25, 0.3) is 11.1 Å². The van der Waals surface area contributed by atoms with Crippen LogP contribution in [0.1, 0.15) is 50.6 Å². The van der Waals surface area contributed by atoms with Crippen molar-refractivity contribution in [3.63, 3.8) is 0 Å². The molecule has 0 saturated heterocycles. The van der Waals surface area contributed by atoms with Crippen LogP contribution in [0.3, 0.4) is 0 Å². The maximum absolute atomic E-state index is 15.5. The number of ether oxygens (including phenoxy) is 1. The largest absolute Gasteiger partial charge is 0.494 e. The van der Waals surface area contributed by atoms with E-state index in [1.54, 1.807) is 24.3 Å². The first-order valence-electron chi connectivity index (χ1n) is 14.2. The third kappa shape index (κ3) is 6.73. The van der Waals surface area contributed by atoms with Gasteiger partial charge >= 0.3 is 0 Å². The van der Waals surface area contributed by atoms with Gasteiger partial charge in [-0.2, -0.15) is 5.26 Å². The zero-order valence-electron chi connectivity index (χ0n) is 25.5. The molecule has 13 nitrogen and oxygen atoms in total. The van der Waals surface area contributed by atoms with Gasteiger partial charge in [0, 0.05) is 49.6 Å². The number of carbonyl (C=O) groups excluding carboxylic acids is 3. The minimum Gasteiger partial charge on any atom is -0.494 e. The summed E-state index contributed by atoms with van der Waals surface area (Å²) in [6.45, 7) is 1.86. The summed E-state index contributed by atoms with van der Waals surface area (Å²) in [5.74, 6) is -1.77. The van der Waals surface area contributed by atoms with Gasteiger partial charge in [0.1, 0.15) is 5.75 Å². The summed E-state index contributed by atoms with van der Waals surface area (Å²) >= 11 is 0. The van der Waals surface area contributed by atoms with E-state index in [-0.39, 0.29) is 41.3 Å². The number of benzene rings is 1. The Hall–Kier alpha value is -5.97. The first-order chi connectivity index (χ1) is 22.1. The number of nitriles is 1. The van der Waals surface area contributed by atoms with Crippen molar-refractivity contribution in [3.8, 4) is 22.9 Å². The van der Waals surface area contributed by atoms with Crippen LogP contribution < -0.4 is 20.7 Å². The lowest BCUT2D eigenvalue weighted by Crippen LogP contribution is -2.28. The number of carbonyl (C=O) groups is 3. The van der Waals surface area contributed by atoms with Gasteiger partial charge in [0.25, 0.3) is 11.8 Å². The molecule has 3 N–H and O–H groups in total. The third-order valence-corrected chi connectivity index (χ3v) is 7.30. The lowest BCUT2D eigenvalue weighted by atomic mass is 9.99. The Balaban J connectivity index is 1.45. The first-order valence-corrected chi connectivity index (χ1v) is 14.2. The molecule has 0 bridgehead atoms. The molecule has 1 fully saturated rings. The molecule has 0 spiro atoms. The van der Waals surface area contributed by atoms with E-state index in [0.717, 1.165) is 18.4 Å². The van der Waals surface area contributed by atoms with Gasteiger partial charge in [-0.25, -0.2) is 9.37 Å². The van der Waals surface area contributed by atoms with Gasteiger partial charge in [-0.05, 0) is 49.6 Å². The van der Waals surface area contributed by atoms with E-state index in [0.29, 0.717) is 33.8 Å². The number of pyridine rings is 2. The second-order valence-corrected chi connectivity index (χ2v) is 10.7. The number of nitrogens with zero attached hydrogens (tertiary/aromatic N) is 6. The van der Waals surface area contributed by atoms with Gasteiger partial charge < -0.3 is 25.6 Å². The molecule has 0 aliphatic heterocycles. The highest BCUT2D eigenvalue weighted by Gasteiger charge is 2.30. The summed E-state index contributed by atoms with van der Waals surface area (Å²) in [7, 11) is 4.39. The van der Waals surface area contributed by atoms with Crippen molar-refractivity contribution < 1.29 is 23.5 Å². The second-order valence-electron chi connectivity index (χ2n) is 10.7. The monoisotopic (exact) mass is 623 g/mol. The molecule has 14 heteroatoms. The average molecular weight is 624 g/mol. The normalized spacial score (nSPS) is 12.1. The lowest BCUT2D eigenvalue weighted by Gasteiger charge is -2.19. The SMILES string of the molecule is CNC(=O)c1nnc(NC(=O)C2CC2)cc1Nc1ccc(C)c(-c2cnc(C(=O)N(C)Cc3cc(C#N)ccn3)c(F)c2)c1OC. The maximum atomic E-state index is 15.5. The standard InChI is InChI=1S/C32H30FN9O4/c1-17-5-8-23(38-24-13-25(39-30(43)19-6-7-19)40-41-28(24)31(44)35-2)29(46-4)26(17)20-12-22(33)27(37-15-20)32(45)42(3)16-21-11-18(14-34)9-10-36-21/h5,8-13,15,19H,6-7,16H2,1-4H3,(H,35,44)(H2,38,39,40,43). The smallest absolute Gasteiger partial charge is 0.275 e. The number of aromatic nitrogens is 4. The van der Waals surface area contributed by atoms with Gasteiger partial charge in [0.2, 0.25) is 5.91 Å². The van der Waals surface area contributed by atoms with Crippen LogP contribution in [0.2, 0.25) is 0 Å². The predicted molar refractivity (Wildman–Crippen MR) is 166 cm³/mol. The minimum absolute atomic E-state index is 0.0228. The summed E-state index contributed by atoms with van der Waals surface area (Å²) in [5.41, 5.74) is 2.68. The fourth-order valence-electron chi connectivity index (χ4n) is 4.77. The number of rotatable bonds is 10. The molecule has 5 rings (SSSR count). The molecule has 0 atom stereocenters. The highest BCUT2D eigenvalue weighted by molar-refractivity contribution is 6.00. The number of amides is 3. The van der Waals surface area contributed by atoms with E-state index in [4.69, 9.17) is 10.00 Å². The number of hydrogen-bond acceptors (Lipinski definition) is 10. The summed E-state index contributed by atoms with van der Waals surface area (Å²) < 4.78 is 21.3. The van der Waals surface area contributed by atoms with Crippen LogP contribution in [0.4, 0.5) is 21.6 Å². The van der Waals surface area contributed by atoms with Crippen LogP contribution >= 0.6 is 0 Å². The number of anilines is 3. The van der Waals surface area contributed by atoms with E-state index in [1.165, 1.54) is 50.6 Å². The fourth-order valence-corrected chi connectivity index (χ4v) is 4.77. The van der Waals surface area contributed by atoms with E-state index in [9.17, 15) is 14.4 Å². The number of aryl methyl sites for hydroxylation is 1. The van der Waals surface area contributed by atoms with Gasteiger partial charge in [0.15, 0.2) is 23.0 Å². The van der Waals surface area contributed by atoms with E-state index in [2.05, 4.69) is 36.1 Å². The highest BCUT2D eigenvalue weighted by Crippen LogP contribution is 2.41. The Morgan fingerprint density at radius 3 is 2.54 bits per heavy atom. The number of nitrogens with one attached hydrogen (secondary N) is 3. The lowest BCUT2D eigenvalue weighted by molar-refractivity contribution is -0.117. The van der Waals surface area contributed by atoms with Gasteiger partial charge in [0.05, 0.1) is 42.4 Å². The van der Waals surface area contributed by atoms with Crippen molar-refractivity contribution in [2.45, 2.75) is 26.3 Å². The quantitative estimate of drug-likeness (QED) is 0.234. The number of methoxy groups -OCH3 is 1. The van der Waals surface area contributed by atoms with Gasteiger partial charge in [-0.3, -0.25) is 19.4 Å². The molecule has 0 radical (unpaired) electrons. The zero-order valence-corrected chi connectivity index (χ0v) is 25.5. The van der Waals surface area contributed by atoms with Crippen LogP contribution in [0.5, 0.6) is 5.75 Å². The highest BCUT2D eigenvalue weighted by atomic mass is 19.1. The Morgan fingerprint density at radius 2 is 1.87 bits per heavy atom. The molecule has 3 aromatic heterocycles. The Morgan fingerprint density at radius 1 is 1.09 bits per heavy atom. The van der Waals surface area contributed by atoms with Crippen LogP contribution in [0.15, 0.2) is 48.8 Å². The molecule has 234 valence electrons. The van der Waals surface area contributed by atoms with Gasteiger partial charge in [-0.15, -0.1) is 10.2 Å². The first kappa shape index (κ1) is 31.5. The van der Waals surface area contributed by atoms with E-state index >= 15 is 4.39 Å². The molecule has 4 aromatic rings. The topological polar surface area (TPSA) is 175 Å². The molecule has 1 aliphatic rings.